The number of aromatic nitrogens is 4. The van der Waals surface area contributed by atoms with Crippen LogP contribution in [-0.2, 0) is 4.74 Å². The zero-order chi connectivity index (χ0) is 24.2. The lowest BCUT2D eigenvalue weighted by Crippen LogP contribution is -2.36. The third-order valence-electron chi connectivity index (χ3n) is 5.91. The number of aliphatic hydroxyl groups excluding tert-OH is 1. The van der Waals surface area contributed by atoms with E-state index in [9.17, 15) is 14.7 Å². The summed E-state index contributed by atoms with van der Waals surface area (Å²) < 4.78 is 5.66. The molecule has 4 aromatic rings. The Morgan fingerprint density at radius 3 is 2.80 bits per heavy atom. The minimum Gasteiger partial charge on any atom is -0.394 e. The van der Waals surface area contributed by atoms with Crippen molar-refractivity contribution in [3.8, 4) is 0 Å². The highest BCUT2D eigenvalue weighted by molar-refractivity contribution is 6.18. The van der Waals surface area contributed by atoms with Gasteiger partial charge in [0.25, 0.3) is 5.91 Å². The zero-order valence-electron chi connectivity index (χ0n) is 18.8. The molecular formula is C25H24N6O4. The molecule has 5 rings (SSSR count). The maximum atomic E-state index is 13.5. The van der Waals surface area contributed by atoms with Gasteiger partial charge in [-0.25, -0.2) is 9.97 Å². The maximum Gasteiger partial charge on any atom is 0.274 e. The van der Waals surface area contributed by atoms with Crippen molar-refractivity contribution in [1.82, 2.24) is 19.9 Å². The number of hydrogen-bond acceptors (Lipinski definition) is 8. The summed E-state index contributed by atoms with van der Waals surface area (Å²) in [6, 6.07) is 11.8. The molecule has 1 fully saturated rings. The van der Waals surface area contributed by atoms with Crippen LogP contribution in [0.15, 0.2) is 61.2 Å². The predicted octanol–water partition coefficient (Wildman–Crippen LogP) is 2.79. The standard InChI is InChI=1S/C25H24N6O4/c32-12-18-8-7-17(13-35-18)30-24-21-19(11-27-23(21)28-14-29-24)22(33)15-4-3-5-16(10-15)31-25(34)20-6-1-2-9-26-20/h1-6,9-11,14,17-18,32H,7-8,12-13H2,(H,31,34)(H2,27,28,29,30)/t17-,18+/m1/s1. The van der Waals surface area contributed by atoms with Gasteiger partial charge in [-0.05, 0) is 37.1 Å². The average Bonchev–Trinajstić information content (AvgIpc) is 3.34. The van der Waals surface area contributed by atoms with E-state index in [0.29, 0.717) is 40.3 Å². The number of aliphatic hydroxyl groups is 1. The number of nitrogens with zero attached hydrogens (tertiary/aromatic N) is 3. The van der Waals surface area contributed by atoms with Crippen molar-refractivity contribution in [3.63, 3.8) is 0 Å². The Hall–Kier alpha value is -4.15. The number of carbonyl (C=O) groups is 2. The number of hydrogen-bond donors (Lipinski definition) is 4. The van der Waals surface area contributed by atoms with Gasteiger partial charge in [0, 0.05) is 23.6 Å². The molecule has 10 heteroatoms. The minimum absolute atomic E-state index is 0.00103. The topological polar surface area (TPSA) is 142 Å². The molecule has 4 heterocycles. The van der Waals surface area contributed by atoms with E-state index >= 15 is 0 Å². The van der Waals surface area contributed by atoms with Gasteiger partial charge in [-0.2, -0.15) is 0 Å². The summed E-state index contributed by atoms with van der Waals surface area (Å²) in [5.74, 6) is -0.0566. The summed E-state index contributed by atoms with van der Waals surface area (Å²) in [5, 5.41) is 16.0. The first-order chi connectivity index (χ1) is 17.1. The van der Waals surface area contributed by atoms with Crippen molar-refractivity contribution < 1.29 is 19.4 Å². The Morgan fingerprint density at radius 1 is 1.11 bits per heavy atom. The van der Waals surface area contributed by atoms with Crippen molar-refractivity contribution in [3.05, 3.63) is 78.0 Å². The maximum absolute atomic E-state index is 13.5. The number of rotatable bonds is 7. The molecule has 4 N–H and O–H groups in total. The van der Waals surface area contributed by atoms with Gasteiger partial charge in [-0.3, -0.25) is 14.6 Å². The summed E-state index contributed by atoms with van der Waals surface area (Å²) in [4.78, 5) is 41.7. The van der Waals surface area contributed by atoms with E-state index in [0.717, 1.165) is 12.8 Å². The van der Waals surface area contributed by atoms with Crippen LogP contribution in [0, 0.1) is 0 Å². The van der Waals surface area contributed by atoms with Gasteiger partial charge in [-0.15, -0.1) is 0 Å². The van der Waals surface area contributed by atoms with E-state index < -0.39 is 0 Å². The first-order valence-electron chi connectivity index (χ1n) is 11.3. The molecule has 178 valence electrons. The lowest BCUT2D eigenvalue weighted by molar-refractivity contribution is -0.0224. The van der Waals surface area contributed by atoms with Crippen LogP contribution in [-0.4, -0.2) is 62.1 Å². The van der Waals surface area contributed by atoms with Crippen LogP contribution in [0.5, 0.6) is 0 Å². The molecule has 0 radical (unpaired) electrons. The molecule has 10 nitrogen and oxygen atoms in total. The first-order valence-corrected chi connectivity index (χ1v) is 11.3. The summed E-state index contributed by atoms with van der Waals surface area (Å²) >= 11 is 0. The van der Waals surface area contributed by atoms with Crippen molar-refractivity contribution in [2.24, 2.45) is 0 Å². The highest BCUT2D eigenvalue weighted by atomic mass is 16.5. The second kappa shape index (κ2) is 10.00. The van der Waals surface area contributed by atoms with Crippen molar-refractivity contribution in [2.75, 3.05) is 23.8 Å². The summed E-state index contributed by atoms with van der Waals surface area (Å²) in [6.45, 7) is 0.435. The van der Waals surface area contributed by atoms with Crippen LogP contribution in [0.4, 0.5) is 11.5 Å². The number of ketones is 1. The largest absolute Gasteiger partial charge is 0.394 e. The first kappa shape index (κ1) is 22.6. The summed E-state index contributed by atoms with van der Waals surface area (Å²) in [5.41, 5.74) is 2.13. The second-order valence-electron chi connectivity index (χ2n) is 8.28. The smallest absolute Gasteiger partial charge is 0.274 e. The molecule has 1 aliphatic heterocycles. The summed E-state index contributed by atoms with van der Waals surface area (Å²) in [7, 11) is 0. The summed E-state index contributed by atoms with van der Waals surface area (Å²) in [6.07, 6.45) is 5.99. The number of nitrogens with one attached hydrogen (secondary N) is 3. The van der Waals surface area contributed by atoms with Crippen LogP contribution < -0.4 is 10.6 Å². The Balaban J connectivity index is 1.38. The van der Waals surface area contributed by atoms with E-state index in [1.165, 1.54) is 6.33 Å². The number of benzene rings is 1. The third-order valence-corrected chi connectivity index (χ3v) is 5.91. The molecule has 0 saturated carbocycles. The molecule has 0 aliphatic carbocycles. The molecule has 1 amide bonds. The lowest BCUT2D eigenvalue weighted by Gasteiger charge is -2.29. The van der Waals surface area contributed by atoms with Gasteiger partial charge in [0.2, 0.25) is 0 Å². The quantitative estimate of drug-likeness (QED) is 0.301. The Labute approximate surface area is 200 Å². The van der Waals surface area contributed by atoms with Crippen molar-refractivity contribution in [1.29, 1.82) is 0 Å². The number of ether oxygens (including phenoxy) is 1. The van der Waals surface area contributed by atoms with Crippen LogP contribution >= 0.6 is 0 Å². The second-order valence-corrected chi connectivity index (χ2v) is 8.28. The van der Waals surface area contributed by atoms with E-state index in [1.54, 1.807) is 54.9 Å². The highest BCUT2D eigenvalue weighted by Gasteiger charge is 2.24. The normalized spacial score (nSPS) is 17.7. The van der Waals surface area contributed by atoms with Gasteiger partial charge in [0.05, 0.1) is 36.3 Å². The van der Waals surface area contributed by atoms with Gasteiger partial charge in [0.15, 0.2) is 5.78 Å². The number of fused-ring (bicyclic) bond motifs is 1. The van der Waals surface area contributed by atoms with Crippen LogP contribution in [0.1, 0.15) is 39.3 Å². The Bertz CT molecular complexity index is 1350. The number of H-pyrrole nitrogens is 1. The number of carbonyl (C=O) groups excluding carboxylic acids is 2. The average molecular weight is 473 g/mol. The fourth-order valence-electron chi connectivity index (χ4n) is 4.09. The molecule has 0 bridgehead atoms. The third kappa shape index (κ3) is 4.88. The van der Waals surface area contributed by atoms with Crippen LogP contribution in [0.2, 0.25) is 0 Å². The molecule has 1 aliphatic rings. The number of aromatic amines is 1. The van der Waals surface area contributed by atoms with Gasteiger partial charge in [-0.1, -0.05) is 18.2 Å². The lowest BCUT2D eigenvalue weighted by atomic mass is 10.0. The predicted molar refractivity (Wildman–Crippen MR) is 129 cm³/mol. The van der Waals surface area contributed by atoms with E-state index in [1.807, 2.05) is 0 Å². The number of amides is 1. The van der Waals surface area contributed by atoms with Gasteiger partial charge >= 0.3 is 0 Å². The monoisotopic (exact) mass is 472 g/mol. The van der Waals surface area contributed by atoms with E-state index in [4.69, 9.17) is 4.74 Å². The van der Waals surface area contributed by atoms with Gasteiger partial charge in [0.1, 0.15) is 23.5 Å². The van der Waals surface area contributed by atoms with E-state index in [-0.39, 0.29) is 36.1 Å². The molecule has 3 aromatic heterocycles. The molecule has 35 heavy (non-hydrogen) atoms. The molecular weight excluding hydrogens is 448 g/mol. The SMILES string of the molecule is O=C(Nc1cccc(C(=O)c2c[nH]c3ncnc(N[C@@H]4CC[C@@H](CO)OC4)c23)c1)c1ccccn1. The van der Waals surface area contributed by atoms with Crippen molar-refractivity contribution >= 4 is 34.2 Å². The van der Waals surface area contributed by atoms with Crippen molar-refractivity contribution in [2.45, 2.75) is 25.0 Å². The Kier molecular flexibility index (Phi) is 6.47. The molecule has 1 aromatic carbocycles. The molecule has 0 unspecified atom stereocenters. The minimum atomic E-state index is -0.361. The molecule has 1 saturated heterocycles. The number of anilines is 2. The van der Waals surface area contributed by atoms with E-state index in [2.05, 4.69) is 30.6 Å². The van der Waals surface area contributed by atoms with Gasteiger partial charge < -0.3 is 25.5 Å². The fraction of sp³-hybridized carbons (Fsp3) is 0.240. The number of pyridine rings is 1. The highest BCUT2D eigenvalue weighted by Crippen LogP contribution is 2.28. The molecule has 0 spiro atoms. The van der Waals surface area contributed by atoms with Crippen LogP contribution in [0.25, 0.3) is 11.0 Å². The zero-order valence-corrected chi connectivity index (χ0v) is 18.8. The molecule has 2 atom stereocenters. The Morgan fingerprint density at radius 2 is 2.03 bits per heavy atom. The fourth-order valence-corrected chi connectivity index (χ4v) is 4.09. The van der Waals surface area contributed by atoms with Crippen LogP contribution in [0.3, 0.4) is 0 Å².